The van der Waals surface area contributed by atoms with Gasteiger partial charge in [0.25, 0.3) is 0 Å². The van der Waals surface area contributed by atoms with E-state index in [1.54, 1.807) is 13.8 Å². The first-order valence-corrected chi connectivity index (χ1v) is 21.4. The quantitative estimate of drug-likeness (QED) is 0.148. The summed E-state index contributed by atoms with van der Waals surface area (Å²) in [5.41, 5.74) is -3.49. The van der Waals surface area contributed by atoms with Crippen LogP contribution in [0.25, 0.3) is 0 Å². The summed E-state index contributed by atoms with van der Waals surface area (Å²) in [6, 6.07) is 0. The molecule has 4 aliphatic carbocycles. The number of aliphatic hydroxyl groups excluding tert-OH is 9. The van der Waals surface area contributed by atoms with E-state index < -0.39 is 126 Å². The van der Waals surface area contributed by atoms with Gasteiger partial charge in [-0.05, 0) is 117 Å². The van der Waals surface area contributed by atoms with E-state index in [2.05, 4.69) is 27.7 Å². The highest BCUT2D eigenvalue weighted by molar-refractivity contribution is 5.22. The predicted octanol–water partition coefficient (Wildman–Crippen LogP) is 0.331. The minimum Gasteiger partial charge on any atom is -0.394 e. The highest BCUT2D eigenvalue weighted by Crippen LogP contribution is 2.76. The van der Waals surface area contributed by atoms with Gasteiger partial charge in [-0.1, -0.05) is 34.6 Å². The van der Waals surface area contributed by atoms with Crippen molar-refractivity contribution in [3.8, 4) is 0 Å². The molecule has 330 valence electrons. The summed E-state index contributed by atoms with van der Waals surface area (Å²) in [6.45, 7) is 15.3. The standard InChI is InChI=1S/C42H72O15/c1-37(2)25(46)10-12-39(5)24-15-20(45)27-19(42(8)14-11-26(57-42)38(3,4)52)9-13-40(27,6)41(24,7)16-21(34(37)39)53-36-33(31(50)29(48)23(18-44)55-36)56-35-32(51)30(49)28(47)22(17-43)54-35/h19-36,43-52H,9-18H2,1-8H3. The lowest BCUT2D eigenvalue weighted by Crippen LogP contribution is -2.71. The SMILES string of the molecule is CC(C)(O)C1CCC(C)(C2CCC3(C)C2C(O)CC2C4(C)CCC(O)C(C)(C)C4C(OC4OC(CO)C(O)C(O)C4OC4OC(CO)C(O)C(O)C4O)CC23C)O1. The molecule has 3 aliphatic heterocycles. The fraction of sp³-hybridized carbons (Fsp3) is 1.00. The van der Waals surface area contributed by atoms with Crippen LogP contribution in [0.4, 0.5) is 0 Å². The van der Waals surface area contributed by atoms with Gasteiger partial charge >= 0.3 is 0 Å². The van der Waals surface area contributed by atoms with Crippen LogP contribution in [0.5, 0.6) is 0 Å². The maximum atomic E-state index is 12.4. The summed E-state index contributed by atoms with van der Waals surface area (Å²) in [7, 11) is 0. The first-order chi connectivity index (χ1) is 26.4. The third-order valence-corrected chi connectivity index (χ3v) is 17.4. The molecule has 0 aromatic heterocycles. The van der Waals surface area contributed by atoms with Crippen molar-refractivity contribution in [2.45, 2.75) is 204 Å². The molecule has 22 atom stereocenters. The van der Waals surface area contributed by atoms with Gasteiger partial charge in [0.2, 0.25) is 0 Å². The molecule has 57 heavy (non-hydrogen) atoms. The lowest BCUT2D eigenvalue weighted by atomic mass is 9.34. The molecular formula is C42H72O15. The minimum absolute atomic E-state index is 0.0316. The van der Waals surface area contributed by atoms with Crippen LogP contribution in [0.1, 0.15) is 107 Å². The van der Waals surface area contributed by atoms with Gasteiger partial charge in [0.1, 0.15) is 48.8 Å². The van der Waals surface area contributed by atoms with Crippen LogP contribution in [-0.4, -0.2) is 161 Å². The topological polar surface area (TPSA) is 248 Å². The number of ether oxygens (including phenoxy) is 5. The maximum Gasteiger partial charge on any atom is 0.187 e. The molecule has 0 spiro atoms. The van der Waals surface area contributed by atoms with Gasteiger partial charge in [-0.3, -0.25) is 0 Å². The lowest BCUT2D eigenvalue weighted by molar-refractivity contribution is -0.383. The van der Waals surface area contributed by atoms with Crippen LogP contribution < -0.4 is 0 Å². The summed E-state index contributed by atoms with van der Waals surface area (Å²) in [5, 5.41) is 109. The van der Waals surface area contributed by atoms with Crippen molar-refractivity contribution in [1.82, 2.24) is 0 Å². The second-order valence-corrected chi connectivity index (χ2v) is 21.2. The molecule has 3 heterocycles. The largest absolute Gasteiger partial charge is 0.394 e. The normalized spacial score (nSPS) is 56.5. The van der Waals surface area contributed by atoms with E-state index in [0.29, 0.717) is 25.7 Å². The van der Waals surface area contributed by atoms with Crippen molar-refractivity contribution >= 4 is 0 Å². The predicted molar refractivity (Wildman–Crippen MR) is 202 cm³/mol. The molecule has 7 rings (SSSR count). The van der Waals surface area contributed by atoms with E-state index in [1.165, 1.54) is 0 Å². The molecule has 7 aliphatic rings. The van der Waals surface area contributed by atoms with Crippen molar-refractivity contribution in [2.24, 2.45) is 45.3 Å². The minimum atomic E-state index is -1.81. The lowest BCUT2D eigenvalue weighted by Gasteiger charge is -2.72. The Balaban J connectivity index is 1.26. The molecule has 3 saturated heterocycles. The van der Waals surface area contributed by atoms with Gasteiger partial charge in [0, 0.05) is 0 Å². The second-order valence-electron chi connectivity index (χ2n) is 21.2. The van der Waals surface area contributed by atoms with Crippen LogP contribution in [0.15, 0.2) is 0 Å². The Morgan fingerprint density at radius 3 is 1.89 bits per heavy atom. The molecule has 4 saturated carbocycles. The van der Waals surface area contributed by atoms with Crippen molar-refractivity contribution in [3.05, 3.63) is 0 Å². The zero-order valence-electron chi connectivity index (χ0n) is 35.0. The van der Waals surface area contributed by atoms with Crippen LogP contribution in [-0.2, 0) is 23.7 Å². The van der Waals surface area contributed by atoms with Gasteiger partial charge in [-0.15, -0.1) is 0 Å². The smallest absolute Gasteiger partial charge is 0.187 e. The van der Waals surface area contributed by atoms with Gasteiger partial charge in [0.05, 0.1) is 48.8 Å². The summed E-state index contributed by atoms with van der Waals surface area (Å²) in [6.07, 6.45) is -12.6. The summed E-state index contributed by atoms with van der Waals surface area (Å²) in [4.78, 5) is 0. The monoisotopic (exact) mass is 816 g/mol. The Hall–Kier alpha value is -0.600. The Morgan fingerprint density at radius 2 is 1.30 bits per heavy atom. The molecule has 0 radical (unpaired) electrons. The van der Waals surface area contributed by atoms with Crippen molar-refractivity contribution in [2.75, 3.05) is 13.2 Å². The molecule has 22 unspecified atom stereocenters. The molecule has 7 fully saturated rings. The Morgan fingerprint density at radius 1 is 0.684 bits per heavy atom. The van der Waals surface area contributed by atoms with Crippen molar-refractivity contribution in [1.29, 1.82) is 0 Å². The van der Waals surface area contributed by atoms with Crippen molar-refractivity contribution in [3.63, 3.8) is 0 Å². The van der Waals surface area contributed by atoms with Gasteiger partial charge in [-0.25, -0.2) is 0 Å². The number of aliphatic hydroxyl groups is 10. The Labute approximate surface area is 336 Å². The third kappa shape index (κ3) is 6.80. The van der Waals surface area contributed by atoms with Crippen molar-refractivity contribution < 1.29 is 74.7 Å². The second kappa shape index (κ2) is 15.0. The van der Waals surface area contributed by atoms with Gasteiger partial charge < -0.3 is 74.7 Å². The fourth-order valence-corrected chi connectivity index (χ4v) is 14.1. The Bertz CT molecular complexity index is 1440. The third-order valence-electron chi connectivity index (χ3n) is 17.4. The molecular weight excluding hydrogens is 744 g/mol. The van der Waals surface area contributed by atoms with Crippen LogP contribution in [0, 0.1) is 45.3 Å². The summed E-state index contributed by atoms with van der Waals surface area (Å²) in [5.74, 6) is -0.343. The first kappa shape index (κ1) is 44.5. The average molecular weight is 817 g/mol. The molecule has 0 aromatic rings. The van der Waals surface area contributed by atoms with Gasteiger partial charge in [-0.2, -0.15) is 0 Å². The molecule has 10 N–H and O–H groups in total. The van der Waals surface area contributed by atoms with Crippen LogP contribution in [0.3, 0.4) is 0 Å². The van der Waals surface area contributed by atoms with Gasteiger partial charge in [0.15, 0.2) is 12.6 Å². The first-order valence-electron chi connectivity index (χ1n) is 21.4. The fourth-order valence-electron chi connectivity index (χ4n) is 14.1. The van der Waals surface area contributed by atoms with Crippen LogP contribution in [0.2, 0.25) is 0 Å². The van der Waals surface area contributed by atoms with E-state index in [9.17, 15) is 51.1 Å². The van der Waals surface area contributed by atoms with Crippen LogP contribution >= 0.6 is 0 Å². The number of hydrogen-bond donors (Lipinski definition) is 10. The highest BCUT2D eigenvalue weighted by atomic mass is 16.8. The van der Waals surface area contributed by atoms with E-state index >= 15 is 0 Å². The molecule has 15 nitrogen and oxygen atoms in total. The van der Waals surface area contributed by atoms with E-state index in [0.717, 1.165) is 25.7 Å². The Kier molecular flexibility index (Phi) is 11.7. The van der Waals surface area contributed by atoms with E-state index in [1.807, 2.05) is 13.8 Å². The maximum absolute atomic E-state index is 12.4. The van der Waals surface area contributed by atoms with E-state index in [4.69, 9.17) is 23.7 Å². The summed E-state index contributed by atoms with van der Waals surface area (Å²) >= 11 is 0. The number of fused-ring (bicyclic) bond motifs is 5. The zero-order valence-corrected chi connectivity index (χ0v) is 35.0. The zero-order chi connectivity index (χ0) is 42.0. The molecule has 0 aromatic carbocycles. The highest BCUT2D eigenvalue weighted by Gasteiger charge is 2.74. The molecule has 0 amide bonds. The summed E-state index contributed by atoms with van der Waals surface area (Å²) < 4.78 is 31.8. The van der Waals surface area contributed by atoms with E-state index in [-0.39, 0.29) is 29.8 Å². The number of rotatable bonds is 8. The molecule has 0 bridgehead atoms. The average Bonchev–Trinajstić information content (AvgIpc) is 3.73. The number of hydrogen-bond acceptors (Lipinski definition) is 15. The molecule has 15 heteroatoms.